The van der Waals surface area contributed by atoms with Crippen LogP contribution in [-0.2, 0) is 11.3 Å². The molecule has 0 aromatic heterocycles. The number of halogens is 2. The van der Waals surface area contributed by atoms with Crippen molar-refractivity contribution >= 4 is 39.1 Å². The molecule has 0 radical (unpaired) electrons. The summed E-state index contributed by atoms with van der Waals surface area (Å²) in [7, 11) is 0. The average Bonchev–Trinajstić information content (AvgIpc) is 2.46. The van der Waals surface area contributed by atoms with E-state index in [2.05, 4.69) is 26.6 Å². The second-order valence-corrected chi connectivity index (χ2v) is 6.07. The fraction of sp³-hybridized carbons (Fsp3) is 0.188. The van der Waals surface area contributed by atoms with Gasteiger partial charge in [-0.1, -0.05) is 39.7 Å². The number of carbonyl (C=O) groups excluding carboxylic acids is 1. The molecule has 21 heavy (non-hydrogen) atoms. The smallest absolute Gasteiger partial charge is 0.239 e. The van der Waals surface area contributed by atoms with Crippen LogP contribution in [0.4, 0.5) is 5.69 Å². The molecular weight excluding hydrogens is 352 g/mol. The maximum Gasteiger partial charge on any atom is 0.239 e. The largest absolute Gasteiger partial charge is 0.376 e. The van der Waals surface area contributed by atoms with Gasteiger partial charge in [-0.2, -0.15) is 0 Å². The van der Waals surface area contributed by atoms with Gasteiger partial charge in [0.05, 0.1) is 6.54 Å². The number of hydrogen-bond acceptors (Lipinski definition) is 2. The monoisotopic (exact) mass is 366 g/mol. The Kier molecular flexibility index (Phi) is 5.65. The van der Waals surface area contributed by atoms with Crippen molar-refractivity contribution in [2.45, 2.75) is 13.5 Å². The van der Waals surface area contributed by atoms with Gasteiger partial charge in [-0.15, -0.1) is 0 Å². The van der Waals surface area contributed by atoms with Crippen molar-refractivity contribution in [1.82, 2.24) is 5.32 Å². The summed E-state index contributed by atoms with van der Waals surface area (Å²) >= 11 is 9.23. The van der Waals surface area contributed by atoms with Crippen molar-refractivity contribution in [2.24, 2.45) is 0 Å². The summed E-state index contributed by atoms with van der Waals surface area (Å²) in [4.78, 5) is 11.8. The lowest BCUT2D eigenvalue weighted by atomic mass is 10.2. The summed E-state index contributed by atoms with van der Waals surface area (Å²) in [5.74, 6) is -0.0488. The van der Waals surface area contributed by atoms with Gasteiger partial charge in [0, 0.05) is 21.7 Å². The minimum Gasteiger partial charge on any atom is -0.376 e. The van der Waals surface area contributed by atoms with Gasteiger partial charge in [-0.3, -0.25) is 4.79 Å². The van der Waals surface area contributed by atoms with E-state index in [0.717, 1.165) is 21.3 Å². The van der Waals surface area contributed by atoms with E-state index in [1.54, 1.807) is 0 Å². The van der Waals surface area contributed by atoms with E-state index in [9.17, 15) is 4.79 Å². The van der Waals surface area contributed by atoms with Gasteiger partial charge in [-0.25, -0.2) is 0 Å². The average molecular weight is 368 g/mol. The number of nitrogens with one attached hydrogen (secondary N) is 2. The molecule has 0 aliphatic heterocycles. The fourth-order valence-corrected chi connectivity index (χ4v) is 2.47. The lowest BCUT2D eigenvalue weighted by Gasteiger charge is -2.10. The van der Waals surface area contributed by atoms with Crippen LogP contribution in [0.15, 0.2) is 46.9 Å². The maximum atomic E-state index is 11.8. The minimum absolute atomic E-state index is 0.0488. The molecular formula is C16H16BrClN2O. The molecule has 3 nitrogen and oxygen atoms in total. The number of hydrogen-bond donors (Lipinski definition) is 2. The number of benzene rings is 2. The van der Waals surface area contributed by atoms with Crippen LogP contribution in [0.5, 0.6) is 0 Å². The molecule has 0 fully saturated rings. The van der Waals surface area contributed by atoms with Crippen molar-refractivity contribution in [2.75, 3.05) is 11.9 Å². The number of aryl methyl sites for hydroxylation is 1. The summed E-state index contributed by atoms with van der Waals surface area (Å²) < 4.78 is 1.03. The van der Waals surface area contributed by atoms with Crippen molar-refractivity contribution < 1.29 is 4.79 Å². The topological polar surface area (TPSA) is 41.1 Å². The SMILES string of the molecule is Cc1cc(Br)ccc1NCC(=O)NCc1ccc(Cl)cc1. The predicted molar refractivity (Wildman–Crippen MR) is 90.7 cm³/mol. The third kappa shape index (κ3) is 5.06. The molecule has 2 aromatic carbocycles. The molecule has 0 saturated carbocycles. The molecule has 5 heteroatoms. The normalized spacial score (nSPS) is 10.2. The van der Waals surface area contributed by atoms with Crippen LogP contribution in [0, 0.1) is 6.92 Å². The molecule has 110 valence electrons. The van der Waals surface area contributed by atoms with E-state index in [1.165, 1.54) is 0 Å². The second-order valence-electron chi connectivity index (χ2n) is 4.72. The molecule has 2 rings (SSSR count). The highest BCUT2D eigenvalue weighted by atomic mass is 79.9. The first-order valence-corrected chi connectivity index (χ1v) is 7.73. The lowest BCUT2D eigenvalue weighted by Crippen LogP contribution is -2.29. The fourth-order valence-electron chi connectivity index (χ4n) is 1.87. The summed E-state index contributed by atoms with van der Waals surface area (Å²) in [6.07, 6.45) is 0. The van der Waals surface area contributed by atoms with Gasteiger partial charge in [0.15, 0.2) is 0 Å². The third-order valence-corrected chi connectivity index (χ3v) is 3.78. The highest BCUT2D eigenvalue weighted by Crippen LogP contribution is 2.19. The van der Waals surface area contributed by atoms with Crippen molar-refractivity contribution in [3.8, 4) is 0 Å². The highest BCUT2D eigenvalue weighted by molar-refractivity contribution is 9.10. The quantitative estimate of drug-likeness (QED) is 0.834. The van der Waals surface area contributed by atoms with E-state index < -0.39 is 0 Å². The van der Waals surface area contributed by atoms with Gasteiger partial charge in [0.1, 0.15) is 0 Å². The zero-order valence-electron chi connectivity index (χ0n) is 11.6. The Hall–Kier alpha value is -1.52. The van der Waals surface area contributed by atoms with Crippen molar-refractivity contribution in [1.29, 1.82) is 0 Å². The Balaban J connectivity index is 1.80. The van der Waals surface area contributed by atoms with Gasteiger partial charge >= 0.3 is 0 Å². The lowest BCUT2D eigenvalue weighted by molar-refractivity contribution is -0.119. The molecule has 0 atom stereocenters. The summed E-state index contributed by atoms with van der Waals surface area (Å²) in [6.45, 7) is 2.74. The summed E-state index contributed by atoms with van der Waals surface area (Å²) in [5, 5.41) is 6.69. The van der Waals surface area contributed by atoms with Crippen LogP contribution >= 0.6 is 27.5 Å². The van der Waals surface area contributed by atoms with Gasteiger partial charge in [-0.05, 0) is 48.4 Å². The molecule has 0 aliphatic carbocycles. The van der Waals surface area contributed by atoms with Gasteiger partial charge < -0.3 is 10.6 Å². The second kappa shape index (κ2) is 7.48. The van der Waals surface area contributed by atoms with Crippen LogP contribution in [0.2, 0.25) is 5.02 Å². The summed E-state index contributed by atoms with van der Waals surface area (Å²) in [5.41, 5.74) is 3.07. The Bertz CT molecular complexity index is 629. The molecule has 2 aromatic rings. The zero-order chi connectivity index (χ0) is 15.2. The van der Waals surface area contributed by atoms with Crippen LogP contribution in [-0.4, -0.2) is 12.5 Å². The van der Waals surface area contributed by atoms with Crippen LogP contribution in [0.25, 0.3) is 0 Å². The summed E-state index contributed by atoms with van der Waals surface area (Å²) in [6, 6.07) is 13.3. The van der Waals surface area contributed by atoms with Crippen LogP contribution in [0.1, 0.15) is 11.1 Å². The number of carbonyl (C=O) groups is 1. The third-order valence-electron chi connectivity index (χ3n) is 3.03. The Morgan fingerprint density at radius 2 is 1.90 bits per heavy atom. The Morgan fingerprint density at radius 3 is 2.57 bits per heavy atom. The van der Waals surface area contributed by atoms with E-state index >= 15 is 0 Å². The van der Waals surface area contributed by atoms with E-state index in [4.69, 9.17) is 11.6 Å². The van der Waals surface area contributed by atoms with Gasteiger partial charge in [0.25, 0.3) is 0 Å². The Morgan fingerprint density at radius 1 is 1.19 bits per heavy atom. The van der Waals surface area contributed by atoms with E-state index in [0.29, 0.717) is 11.6 Å². The first-order chi connectivity index (χ1) is 10.0. The Labute approximate surface area is 137 Å². The number of rotatable bonds is 5. The molecule has 0 bridgehead atoms. The molecule has 0 saturated heterocycles. The van der Waals surface area contributed by atoms with Crippen LogP contribution < -0.4 is 10.6 Å². The first-order valence-electron chi connectivity index (χ1n) is 6.56. The molecule has 0 unspecified atom stereocenters. The first kappa shape index (κ1) is 15.9. The van der Waals surface area contributed by atoms with Crippen LogP contribution in [0.3, 0.4) is 0 Å². The van der Waals surface area contributed by atoms with Crippen molar-refractivity contribution in [3.63, 3.8) is 0 Å². The van der Waals surface area contributed by atoms with Gasteiger partial charge in [0.2, 0.25) is 5.91 Å². The molecule has 1 amide bonds. The van der Waals surface area contributed by atoms with E-state index in [-0.39, 0.29) is 12.5 Å². The van der Waals surface area contributed by atoms with Crippen molar-refractivity contribution in [3.05, 3.63) is 63.1 Å². The number of amides is 1. The molecule has 0 aliphatic rings. The molecule has 2 N–H and O–H groups in total. The zero-order valence-corrected chi connectivity index (χ0v) is 14.0. The standard InChI is InChI=1S/C16H16BrClN2O/c1-11-8-13(17)4-7-15(11)19-10-16(21)20-9-12-2-5-14(18)6-3-12/h2-8,19H,9-10H2,1H3,(H,20,21). The molecule has 0 spiro atoms. The molecule has 0 heterocycles. The maximum absolute atomic E-state index is 11.8. The highest BCUT2D eigenvalue weighted by Gasteiger charge is 2.03. The number of anilines is 1. The van der Waals surface area contributed by atoms with E-state index in [1.807, 2.05) is 49.4 Å². The minimum atomic E-state index is -0.0488. The predicted octanol–water partition coefficient (Wildman–Crippen LogP) is 4.14.